The van der Waals surface area contributed by atoms with E-state index in [9.17, 15) is 4.79 Å². The van der Waals surface area contributed by atoms with Crippen molar-refractivity contribution in [3.05, 3.63) is 35.4 Å². The summed E-state index contributed by atoms with van der Waals surface area (Å²) in [5.74, 6) is 2.00. The number of carbonyl (C=O) groups is 1. The molecule has 2 bridgehead atoms. The number of benzene rings is 1. The summed E-state index contributed by atoms with van der Waals surface area (Å²) in [7, 11) is 3.64. The molecule has 27 heavy (non-hydrogen) atoms. The monoisotopic (exact) mass is 367 g/mol. The van der Waals surface area contributed by atoms with Gasteiger partial charge in [0.05, 0.1) is 6.04 Å². The van der Waals surface area contributed by atoms with E-state index in [0.29, 0.717) is 0 Å². The SMILES string of the molecule is CN(C)C(=O)N[C@H]1CC2(CCN([C@H]3C[C@@H]4CC[C@@H]3C4)CC2)c2ccccc21. The Balaban J connectivity index is 1.32. The first kappa shape index (κ1) is 17.5. The molecule has 2 saturated carbocycles. The van der Waals surface area contributed by atoms with Crippen LogP contribution in [0.25, 0.3) is 0 Å². The van der Waals surface area contributed by atoms with Crippen LogP contribution < -0.4 is 5.32 Å². The van der Waals surface area contributed by atoms with Crippen molar-refractivity contribution in [2.24, 2.45) is 11.8 Å². The number of carbonyl (C=O) groups excluding carboxylic acids is 1. The Morgan fingerprint density at radius 3 is 2.59 bits per heavy atom. The van der Waals surface area contributed by atoms with Gasteiger partial charge >= 0.3 is 6.03 Å². The largest absolute Gasteiger partial charge is 0.331 e. The van der Waals surface area contributed by atoms with Crippen LogP contribution >= 0.6 is 0 Å². The van der Waals surface area contributed by atoms with Crippen molar-refractivity contribution in [3.8, 4) is 0 Å². The zero-order chi connectivity index (χ0) is 18.6. The fourth-order valence-corrected chi connectivity index (χ4v) is 6.72. The number of fused-ring (bicyclic) bond motifs is 4. The summed E-state index contributed by atoms with van der Waals surface area (Å²) in [6, 6.07) is 9.89. The van der Waals surface area contributed by atoms with Gasteiger partial charge in [-0.15, -0.1) is 0 Å². The van der Waals surface area contributed by atoms with Crippen molar-refractivity contribution in [3.63, 3.8) is 0 Å². The van der Waals surface area contributed by atoms with E-state index in [1.54, 1.807) is 4.90 Å². The minimum Gasteiger partial charge on any atom is -0.331 e. The molecule has 1 heterocycles. The van der Waals surface area contributed by atoms with Crippen LogP contribution in [-0.2, 0) is 5.41 Å². The molecule has 1 aromatic rings. The Morgan fingerprint density at radius 1 is 1.15 bits per heavy atom. The van der Waals surface area contributed by atoms with Crippen molar-refractivity contribution in [2.45, 2.75) is 62.4 Å². The summed E-state index contributed by atoms with van der Waals surface area (Å²) in [5.41, 5.74) is 3.11. The first-order valence-electron chi connectivity index (χ1n) is 10.9. The summed E-state index contributed by atoms with van der Waals surface area (Å²) in [6.07, 6.45) is 9.45. The number of rotatable bonds is 2. The fraction of sp³-hybridized carbons (Fsp3) is 0.696. The van der Waals surface area contributed by atoms with Crippen molar-refractivity contribution in [1.82, 2.24) is 15.1 Å². The lowest BCUT2D eigenvalue weighted by molar-refractivity contribution is 0.0812. The van der Waals surface area contributed by atoms with Crippen LogP contribution in [0.4, 0.5) is 4.79 Å². The summed E-state index contributed by atoms with van der Waals surface area (Å²) in [5, 5.41) is 3.27. The van der Waals surface area contributed by atoms with E-state index < -0.39 is 0 Å². The van der Waals surface area contributed by atoms with E-state index in [2.05, 4.69) is 34.5 Å². The van der Waals surface area contributed by atoms with E-state index in [1.807, 2.05) is 14.1 Å². The van der Waals surface area contributed by atoms with Crippen molar-refractivity contribution in [2.75, 3.05) is 27.2 Å². The van der Waals surface area contributed by atoms with E-state index in [-0.39, 0.29) is 17.5 Å². The highest BCUT2D eigenvalue weighted by atomic mass is 16.2. The quantitative estimate of drug-likeness (QED) is 0.860. The van der Waals surface area contributed by atoms with Gasteiger partial charge < -0.3 is 15.1 Å². The number of nitrogens with zero attached hydrogens (tertiary/aromatic N) is 2. The Morgan fingerprint density at radius 2 is 1.93 bits per heavy atom. The average Bonchev–Trinajstić information content (AvgIpc) is 3.38. The van der Waals surface area contributed by atoms with E-state index in [1.165, 1.54) is 62.7 Å². The highest BCUT2D eigenvalue weighted by Crippen LogP contribution is 2.53. The molecule has 146 valence electrons. The Labute approximate surface area is 163 Å². The predicted molar refractivity (Wildman–Crippen MR) is 108 cm³/mol. The normalized spacial score (nSPS) is 34.0. The second kappa shape index (κ2) is 6.51. The zero-order valence-corrected chi connectivity index (χ0v) is 16.8. The van der Waals surface area contributed by atoms with E-state index in [4.69, 9.17) is 0 Å². The van der Waals surface area contributed by atoms with Crippen LogP contribution in [0.1, 0.15) is 62.1 Å². The Hall–Kier alpha value is -1.55. The predicted octanol–water partition coefficient (Wildman–Crippen LogP) is 3.92. The second-order valence-corrected chi connectivity index (χ2v) is 9.75. The third-order valence-electron chi connectivity index (χ3n) is 8.13. The molecule has 4 nitrogen and oxygen atoms in total. The smallest absolute Gasteiger partial charge is 0.317 e. The highest BCUT2D eigenvalue weighted by molar-refractivity contribution is 5.74. The number of hydrogen-bond acceptors (Lipinski definition) is 2. The number of likely N-dealkylation sites (tertiary alicyclic amines) is 1. The van der Waals surface area contributed by atoms with Gasteiger partial charge in [0.2, 0.25) is 0 Å². The summed E-state index contributed by atoms with van der Waals surface area (Å²) in [6.45, 7) is 2.47. The molecule has 3 fully saturated rings. The van der Waals surface area contributed by atoms with Gasteiger partial charge in [-0.1, -0.05) is 30.7 Å². The molecule has 2 amide bonds. The molecule has 5 rings (SSSR count). The molecule has 4 aliphatic rings. The fourth-order valence-electron chi connectivity index (χ4n) is 6.72. The van der Waals surface area contributed by atoms with Crippen molar-refractivity contribution < 1.29 is 4.79 Å². The minimum atomic E-state index is 0.0197. The van der Waals surface area contributed by atoms with Crippen LogP contribution in [0.2, 0.25) is 0 Å². The molecular formula is C23H33N3O. The first-order valence-corrected chi connectivity index (χ1v) is 10.9. The number of urea groups is 1. The van der Waals surface area contributed by atoms with Crippen LogP contribution in [0.3, 0.4) is 0 Å². The molecule has 1 aromatic carbocycles. The molecule has 4 atom stereocenters. The molecule has 1 N–H and O–H groups in total. The number of piperidine rings is 1. The molecular weight excluding hydrogens is 334 g/mol. The van der Waals surface area contributed by atoms with Gasteiger partial charge in [-0.2, -0.15) is 0 Å². The van der Waals surface area contributed by atoms with Gasteiger partial charge in [-0.3, -0.25) is 0 Å². The lowest BCUT2D eigenvalue weighted by Crippen LogP contribution is -2.48. The van der Waals surface area contributed by atoms with E-state index >= 15 is 0 Å². The zero-order valence-electron chi connectivity index (χ0n) is 16.8. The molecule has 1 aliphatic heterocycles. The standard InChI is InChI=1S/C23H33N3O/c1-25(2)22(27)24-20-15-23(19-6-4-3-5-18(19)20)9-11-26(12-10-23)21-14-16-7-8-17(21)13-16/h3-6,16-17,20-21H,7-15H2,1-2H3,(H,24,27)/t16-,17-,20+,21+/m1/s1. The molecule has 0 radical (unpaired) electrons. The average molecular weight is 368 g/mol. The first-order chi connectivity index (χ1) is 13.1. The second-order valence-electron chi connectivity index (χ2n) is 9.75. The molecule has 1 saturated heterocycles. The summed E-state index contributed by atoms with van der Waals surface area (Å²) < 4.78 is 0. The van der Waals surface area contributed by atoms with Crippen LogP contribution in [-0.4, -0.2) is 49.1 Å². The number of amides is 2. The maximum Gasteiger partial charge on any atom is 0.317 e. The van der Waals surface area contributed by atoms with Gasteiger partial charge in [-0.05, 0) is 74.6 Å². The topological polar surface area (TPSA) is 35.6 Å². The van der Waals surface area contributed by atoms with Crippen LogP contribution in [0.5, 0.6) is 0 Å². The molecule has 4 heteroatoms. The van der Waals surface area contributed by atoms with Gasteiger partial charge in [-0.25, -0.2) is 4.79 Å². The third kappa shape index (κ3) is 2.88. The van der Waals surface area contributed by atoms with Gasteiger partial charge in [0.1, 0.15) is 0 Å². The molecule has 3 aliphatic carbocycles. The van der Waals surface area contributed by atoms with E-state index in [0.717, 1.165) is 24.3 Å². The summed E-state index contributed by atoms with van der Waals surface area (Å²) in [4.78, 5) is 16.8. The van der Waals surface area contributed by atoms with Crippen molar-refractivity contribution in [1.29, 1.82) is 0 Å². The molecule has 0 aromatic heterocycles. The van der Waals surface area contributed by atoms with Crippen LogP contribution in [0.15, 0.2) is 24.3 Å². The van der Waals surface area contributed by atoms with Crippen molar-refractivity contribution >= 4 is 6.03 Å². The maximum absolute atomic E-state index is 12.3. The van der Waals surface area contributed by atoms with Gasteiger partial charge in [0.15, 0.2) is 0 Å². The molecule has 1 spiro atoms. The Kier molecular flexibility index (Phi) is 4.23. The number of hydrogen-bond donors (Lipinski definition) is 1. The van der Waals surface area contributed by atoms with Gasteiger partial charge in [0, 0.05) is 25.6 Å². The van der Waals surface area contributed by atoms with Crippen LogP contribution in [0, 0.1) is 11.8 Å². The lowest BCUT2D eigenvalue weighted by Gasteiger charge is -2.44. The minimum absolute atomic E-state index is 0.0197. The lowest BCUT2D eigenvalue weighted by atomic mass is 9.73. The maximum atomic E-state index is 12.3. The highest BCUT2D eigenvalue weighted by Gasteiger charge is 2.49. The number of nitrogens with one attached hydrogen (secondary N) is 1. The Bertz CT molecular complexity index is 722. The molecule has 0 unspecified atom stereocenters. The third-order valence-corrected chi connectivity index (χ3v) is 8.13. The summed E-state index contributed by atoms with van der Waals surface area (Å²) >= 11 is 0. The van der Waals surface area contributed by atoms with Gasteiger partial charge in [0.25, 0.3) is 0 Å².